The minimum Gasteiger partial charge on any atom is -0.350 e. The highest BCUT2D eigenvalue weighted by atomic mass is 16.2. The maximum absolute atomic E-state index is 13.3. The van der Waals surface area contributed by atoms with E-state index in [9.17, 15) is 4.79 Å². The number of piperazine rings is 1. The first-order valence-corrected chi connectivity index (χ1v) is 10.2. The second-order valence-electron chi connectivity index (χ2n) is 7.90. The zero-order chi connectivity index (χ0) is 18.4. The first-order chi connectivity index (χ1) is 12.7. The Kier molecular flexibility index (Phi) is 7.06. The third-order valence-electron chi connectivity index (χ3n) is 6.07. The highest BCUT2D eigenvalue weighted by Gasteiger charge is 2.32. The zero-order valence-corrected chi connectivity index (χ0v) is 16.1. The van der Waals surface area contributed by atoms with Crippen molar-refractivity contribution < 1.29 is 4.79 Å². The molecule has 26 heavy (non-hydrogen) atoms. The smallest absolute Gasteiger partial charge is 0.242 e. The molecule has 0 aromatic heterocycles. The van der Waals surface area contributed by atoms with E-state index in [1.807, 2.05) is 18.2 Å². The standard InChI is InChI=1S/C21H34N4O/c1-24-12-14-25(15-13-24)20(18-10-6-3-7-11-18)21(26)23-19(16-22)17-8-4-2-5-9-17/h3,6-7,10-11,17,19-20H,2,4-5,8-9,12-16,22H2,1H3,(H,23,26). The summed E-state index contributed by atoms with van der Waals surface area (Å²) >= 11 is 0. The van der Waals surface area contributed by atoms with Gasteiger partial charge < -0.3 is 16.0 Å². The van der Waals surface area contributed by atoms with Crippen LogP contribution >= 0.6 is 0 Å². The van der Waals surface area contributed by atoms with Crippen molar-refractivity contribution in [1.29, 1.82) is 0 Å². The summed E-state index contributed by atoms with van der Waals surface area (Å²) in [6.07, 6.45) is 6.21. The van der Waals surface area contributed by atoms with Gasteiger partial charge in [0.15, 0.2) is 0 Å². The Labute approximate surface area is 157 Å². The van der Waals surface area contributed by atoms with E-state index in [1.165, 1.54) is 32.1 Å². The average molecular weight is 359 g/mol. The molecular weight excluding hydrogens is 324 g/mol. The lowest BCUT2D eigenvalue weighted by Crippen LogP contribution is -2.53. The lowest BCUT2D eigenvalue weighted by Gasteiger charge is -2.38. The van der Waals surface area contributed by atoms with E-state index in [4.69, 9.17) is 5.73 Å². The molecule has 2 fully saturated rings. The molecule has 2 unspecified atom stereocenters. The van der Waals surface area contributed by atoms with Crippen LogP contribution in [0.1, 0.15) is 43.7 Å². The summed E-state index contributed by atoms with van der Waals surface area (Å²) < 4.78 is 0. The number of likely N-dealkylation sites (N-methyl/N-ethyl adjacent to an activating group) is 1. The number of carbonyl (C=O) groups is 1. The van der Waals surface area contributed by atoms with Crippen molar-refractivity contribution in [2.24, 2.45) is 11.7 Å². The molecular formula is C21H34N4O. The highest BCUT2D eigenvalue weighted by molar-refractivity contribution is 5.83. The van der Waals surface area contributed by atoms with Gasteiger partial charge in [0.1, 0.15) is 6.04 Å². The molecule has 1 aliphatic heterocycles. The van der Waals surface area contributed by atoms with Crippen LogP contribution in [-0.2, 0) is 4.79 Å². The number of nitrogens with zero attached hydrogens (tertiary/aromatic N) is 2. The third kappa shape index (κ3) is 4.84. The van der Waals surface area contributed by atoms with Gasteiger partial charge in [-0.2, -0.15) is 0 Å². The van der Waals surface area contributed by atoms with Gasteiger partial charge in [-0.05, 0) is 31.4 Å². The molecule has 0 spiro atoms. The summed E-state index contributed by atoms with van der Waals surface area (Å²) in [6.45, 7) is 4.36. The number of rotatable bonds is 6. The fraction of sp³-hybridized carbons (Fsp3) is 0.667. The molecule has 144 valence electrons. The number of nitrogens with two attached hydrogens (primary N) is 1. The van der Waals surface area contributed by atoms with Crippen molar-refractivity contribution in [3.05, 3.63) is 35.9 Å². The van der Waals surface area contributed by atoms with Crippen LogP contribution in [0.25, 0.3) is 0 Å². The first-order valence-electron chi connectivity index (χ1n) is 10.2. The van der Waals surface area contributed by atoms with Gasteiger partial charge >= 0.3 is 0 Å². The molecule has 1 amide bonds. The van der Waals surface area contributed by atoms with Crippen LogP contribution in [0.4, 0.5) is 0 Å². The van der Waals surface area contributed by atoms with Crippen molar-refractivity contribution in [1.82, 2.24) is 15.1 Å². The summed E-state index contributed by atoms with van der Waals surface area (Å²) in [5, 5.41) is 3.32. The predicted molar refractivity (Wildman–Crippen MR) is 106 cm³/mol. The molecule has 0 bridgehead atoms. The van der Waals surface area contributed by atoms with Crippen molar-refractivity contribution in [2.45, 2.75) is 44.2 Å². The molecule has 2 aliphatic rings. The molecule has 1 aliphatic carbocycles. The maximum Gasteiger partial charge on any atom is 0.242 e. The summed E-state index contributed by atoms with van der Waals surface area (Å²) in [5.74, 6) is 0.642. The van der Waals surface area contributed by atoms with Gasteiger partial charge in [-0.25, -0.2) is 0 Å². The molecule has 0 radical (unpaired) electrons. The maximum atomic E-state index is 13.3. The largest absolute Gasteiger partial charge is 0.350 e. The van der Waals surface area contributed by atoms with Gasteiger partial charge in [-0.1, -0.05) is 49.6 Å². The van der Waals surface area contributed by atoms with Crippen LogP contribution in [0.3, 0.4) is 0 Å². The Balaban J connectivity index is 1.73. The lowest BCUT2D eigenvalue weighted by molar-refractivity contribution is -0.128. The molecule has 2 atom stereocenters. The molecule has 3 rings (SSSR count). The van der Waals surface area contributed by atoms with E-state index in [0.717, 1.165) is 31.7 Å². The number of benzene rings is 1. The summed E-state index contributed by atoms with van der Waals surface area (Å²) in [4.78, 5) is 18.0. The Morgan fingerprint density at radius 3 is 2.38 bits per heavy atom. The van der Waals surface area contributed by atoms with E-state index < -0.39 is 0 Å². The minimum absolute atomic E-state index is 0.0986. The first kappa shape index (κ1) is 19.3. The molecule has 1 aromatic rings. The SMILES string of the molecule is CN1CCN(C(C(=O)NC(CN)C2CCCCC2)c2ccccc2)CC1. The van der Waals surface area contributed by atoms with Gasteiger partial charge in [0.2, 0.25) is 5.91 Å². The molecule has 3 N–H and O–H groups in total. The van der Waals surface area contributed by atoms with Gasteiger partial charge in [0, 0.05) is 38.8 Å². The third-order valence-corrected chi connectivity index (χ3v) is 6.07. The van der Waals surface area contributed by atoms with Gasteiger partial charge in [-0.3, -0.25) is 9.69 Å². The predicted octanol–water partition coefficient (Wildman–Crippen LogP) is 2.00. The summed E-state index contributed by atoms with van der Waals surface area (Å²) in [7, 11) is 2.14. The van der Waals surface area contributed by atoms with Crippen molar-refractivity contribution in [3.8, 4) is 0 Å². The molecule has 1 saturated heterocycles. The highest BCUT2D eigenvalue weighted by Crippen LogP contribution is 2.28. The number of hydrogen-bond donors (Lipinski definition) is 2. The molecule has 1 aromatic carbocycles. The lowest BCUT2D eigenvalue weighted by atomic mass is 9.83. The number of carbonyl (C=O) groups excluding carboxylic acids is 1. The fourth-order valence-electron chi connectivity index (χ4n) is 4.41. The van der Waals surface area contributed by atoms with E-state index in [0.29, 0.717) is 12.5 Å². The van der Waals surface area contributed by atoms with E-state index in [1.54, 1.807) is 0 Å². The van der Waals surface area contributed by atoms with E-state index in [-0.39, 0.29) is 18.0 Å². The zero-order valence-electron chi connectivity index (χ0n) is 16.1. The van der Waals surface area contributed by atoms with E-state index >= 15 is 0 Å². The Morgan fingerprint density at radius 1 is 1.12 bits per heavy atom. The Hall–Kier alpha value is -1.43. The monoisotopic (exact) mass is 358 g/mol. The molecule has 5 nitrogen and oxygen atoms in total. The fourth-order valence-corrected chi connectivity index (χ4v) is 4.41. The molecule has 5 heteroatoms. The normalized spacial score (nSPS) is 22.7. The summed E-state index contributed by atoms with van der Waals surface area (Å²) in [6, 6.07) is 10.1. The van der Waals surface area contributed by atoms with Crippen LogP contribution < -0.4 is 11.1 Å². The van der Waals surface area contributed by atoms with Crippen molar-refractivity contribution in [2.75, 3.05) is 39.8 Å². The Morgan fingerprint density at radius 2 is 1.77 bits per heavy atom. The molecule has 1 saturated carbocycles. The number of nitrogens with one attached hydrogen (secondary N) is 1. The van der Waals surface area contributed by atoms with Crippen LogP contribution in [-0.4, -0.2) is 61.5 Å². The van der Waals surface area contributed by atoms with Crippen LogP contribution in [0.15, 0.2) is 30.3 Å². The average Bonchev–Trinajstić information content (AvgIpc) is 2.69. The van der Waals surface area contributed by atoms with Gasteiger partial charge in [-0.15, -0.1) is 0 Å². The van der Waals surface area contributed by atoms with Gasteiger partial charge in [0.05, 0.1) is 0 Å². The van der Waals surface area contributed by atoms with Crippen LogP contribution in [0.5, 0.6) is 0 Å². The molecule has 1 heterocycles. The van der Waals surface area contributed by atoms with E-state index in [2.05, 4.69) is 34.3 Å². The van der Waals surface area contributed by atoms with Crippen LogP contribution in [0.2, 0.25) is 0 Å². The van der Waals surface area contributed by atoms with Gasteiger partial charge in [0.25, 0.3) is 0 Å². The number of amides is 1. The van der Waals surface area contributed by atoms with Crippen molar-refractivity contribution in [3.63, 3.8) is 0 Å². The summed E-state index contributed by atoms with van der Waals surface area (Å²) in [5.41, 5.74) is 7.13. The minimum atomic E-state index is -0.220. The second kappa shape index (κ2) is 9.49. The topological polar surface area (TPSA) is 61.6 Å². The Bertz CT molecular complexity index is 550. The quantitative estimate of drug-likeness (QED) is 0.816. The van der Waals surface area contributed by atoms with Crippen LogP contribution in [0, 0.1) is 5.92 Å². The van der Waals surface area contributed by atoms with Crippen molar-refractivity contribution >= 4 is 5.91 Å². The second-order valence-corrected chi connectivity index (χ2v) is 7.90. The number of hydrogen-bond acceptors (Lipinski definition) is 4.